The van der Waals surface area contributed by atoms with E-state index < -0.39 is 5.82 Å². The molecular weight excluding hydrogens is 397 g/mol. The third-order valence-corrected chi connectivity index (χ3v) is 5.22. The molecule has 0 aliphatic carbocycles. The van der Waals surface area contributed by atoms with Crippen molar-refractivity contribution in [2.45, 2.75) is 33.1 Å². The Bertz CT molecular complexity index is 1330. The lowest BCUT2D eigenvalue weighted by Crippen LogP contribution is -2.20. The van der Waals surface area contributed by atoms with Crippen LogP contribution in [0.15, 0.2) is 59.7 Å². The van der Waals surface area contributed by atoms with Gasteiger partial charge in [-0.2, -0.15) is 0 Å². The molecule has 7 nitrogen and oxygen atoms in total. The second kappa shape index (κ2) is 8.51. The molecule has 0 radical (unpaired) electrons. The van der Waals surface area contributed by atoms with E-state index in [0.29, 0.717) is 30.8 Å². The van der Waals surface area contributed by atoms with Crippen molar-refractivity contribution >= 4 is 17.2 Å². The van der Waals surface area contributed by atoms with Crippen LogP contribution in [-0.2, 0) is 11.2 Å². The molecule has 2 heterocycles. The maximum atomic E-state index is 13.5. The highest BCUT2D eigenvalue weighted by Crippen LogP contribution is 2.15. The monoisotopic (exact) mass is 419 g/mol. The molecule has 0 aliphatic heterocycles. The first kappa shape index (κ1) is 20.5. The number of hydrogen-bond donors (Lipinski definition) is 1. The van der Waals surface area contributed by atoms with E-state index in [4.69, 9.17) is 0 Å². The van der Waals surface area contributed by atoms with Gasteiger partial charge in [0.2, 0.25) is 11.6 Å². The van der Waals surface area contributed by atoms with Crippen LogP contribution in [-0.4, -0.2) is 25.1 Å². The molecule has 0 bridgehead atoms. The number of nitrogens with one attached hydrogen (secondary N) is 1. The Morgan fingerprint density at radius 1 is 1.06 bits per heavy atom. The quantitative estimate of drug-likeness (QED) is 0.518. The van der Waals surface area contributed by atoms with E-state index in [-0.39, 0.29) is 17.1 Å². The van der Waals surface area contributed by atoms with Gasteiger partial charge in [0.25, 0.3) is 0 Å². The van der Waals surface area contributed by atoms with Crippen molar-refractivity contribution < 1.29 is 9.18 Å². The minimum absolute atomic E-state index is 0.0782. The summed E-state index contributed by atoms with van der Waals surface area (Å²) in [5.74, 6) is 0.0912. The topological polar surface area (TPSA) is 81.3 Å². The predicted octanol–water partition coefficient (Wildman–Crippen LogP) is 3.60. The fourth-order valence-electron chi connectivity index (χ4n) is 3.38. The first-order valence-electron chi connectivity index (χ1n) is 10.0. The van der Waals surface area contributed by atoms with Gasteiger partial charge >= 0.3 is 5.56 Å². The van der Waals surface area contributed by atoms with Crippen LogP contribution in [0.5, 0.6) is 0 Å². The smallest absolute Gasteiger partial charge is 0.300 e. The average Bonchev–Trinajstić information content (AvgIpc) is 3.15. The third kappa shape index (κ3) is 4.37. The normalized spacial score (nSPS) is 11.1. The van der Waals surface area contributed by atoms with E-state index in [1.165, 1.54) is 22.3 Å². The molecule has 0 unspecified atom stereocenters. The fourth-order valence-corrected chi connectivity index (χ4v) is 3.38. The highest BCUT2D eigenvalue weighted by atomic mass is 19.1. The molecule has 0 aliphatic rings. The second-order valence-electron chi connectivity index (χ2n) is 7.46. The molecule has 8 heteroatoms. The van der Waals surface area contributed by atoms with Crippen LogP contribution >= 0.6 is 0 Å². The fraction of sp³-hybridized carbons (Fsp3) is 0.217. The van der Waals surface area contributed by atoms with E-state index in [2.05, 4.69) is 15.5 Å². The van der Waals surface area contributed by atoms with Gasteiger partial charge in [-0.05, 0) is 61.7 Å². The van der Waals surface area contributed by atoms with Gasteiger partial charge < -0.3 is 5.32 Å². The van der Waals surface area contributed by atoms with Gasteiger partial charge in [0.1, 0.15) is 11.6 Å². The van der Waals surface area contributed by atoms with Crippen LogP contribution in [0, 0.1) is 19.7 Å². The summed E-state index contributed by atoms with van der Waals surface area (Å²) in [5, 5.41) is 11.0. The van der Waals surface area contributed by atoms with Gasteiger partial charge in [0.05, 0.1) is 5.69 Å². The van der Waals surface area contributed by atoms with Gasteiger partial charge in [-0.25, -0.2) is 4.39 Å². The Labute approximate surface area is 178 Å². The summed E-state index contributed by atoms with van der Waals surface area (Å²) in [4.78, 5) is 25.0. The number of aryl methyl sites for hydroxylation is 3. The molecule has 1 N–H and O–H groups in total. The maximum Gasteiger partial charge on any atom is 0.300 e. The number of carbonyl (C=O) groups excluding carboxylic acids is 1. The van der Waals surface area contributed by atoms with Crippen molar-refractivity contribution in [1.29, 1.82) is 0 Å². The summed E-state index contributed by atoms with van der Waals surface area (Å²) in [6.45, 7) is 4.03. The number of anilines is 1. The standard InChI is InChI=1S/C23H22FN5O2/c1-15-9-10-18(13-16(15)2)25-21(30)8-4-7-20-26-27-22-23(31)28(11-12-29(20)22)19-6-3-5-17(24)14-19/h3,5-6,9-14H,4,7-8H2,1-2H3,(H,25,30). The van der Waals surface area contributed by atoms with Crippen molar-refractivity contribution in [3.63, 3.8) is 0 Å². The molecule has 0 saturated heterocycles. The van der Waals surface area contributed by atoms with Gasteiger partial charge in [-0.3, -0.25) is 18.6 Å². The number of fused-ring (bicyclic) bond motifs is 1. The first-order valence-corrected chi connectivity index (χ1v) is 10.0. The Balaban J connectivity index is 1.43. The molecule has 2 aromatic heterocycles. The Hall–Kier alpha value is -3.81. The molecule has 1 amide bonds. The number of carbonyl (C=O) groups is 1. The van der Waals surface area contributed by atoms with Gasteiger partial charge in [0, 0.05) is 30.9 Å². The summed E-state index contributed by atoms with van der Waals surface area (Å²) < 4.78 is 16.4. The Morgan fingerprint density at radius 3 is 2.68 bits per heavy atom. The number of benzene rings is 2. The number of amides is 1. The highest BCUT2D eigenvalue weighted by molar-refractivity contribution is 5.90. The predicted molar refractivity (Wildman–Crippen MR) is 116 cm³/mol. The van der Waals surface area contributed by atoms with Crippen LogP contribution in [0.1, 0.15) is 29.8 Å². The van der Waals surface area contributed by atoms with Gasteiger partial charge in [-0.1, -0.05) is 12.1 Å². The minimum Gasteiger partial charge on any atom is -0.326 e. The zero-order chi connectivity index (χ0) is 22.0. The van der Waals surface area contributed by atoms with E-state index in [1.807, 2.05) is 32.0 Å². The molecule has 0 spiro atoms. The van der Waals surface area contributed by atoms with Crippen molar-refractivity contribution in [1.82, 2.24) is 19.2 Å². The molecular formula is C23H22FN5O2. The summed E-state index contributed by atoms with van der Waals surface area (Å²) in [6, 6.07) is 11.6. The summed E-state index contributed by atoms with van der Waals surface area (Å²) in [6.07, 6.45) is 4.60. The second-order valence-corrected chi connectivity index (χ2v) is 7.46. The molecule has 0 saturated carbocycles. The number of halogens is 1. The van der Waals surface area contributed by atoms with E-state index in [0.717, 1.165) is 11.3 Å². The first-order chi connectivity index (χ1) is 14.9. The van der Waals surface area contributed by atoms with Crippen molar-refractivity contribution in [3.05, 3.63) is 88.0 Å². The Morgan fingerprint density at radius 2 is 1.90 bits per heavy atom. The van der Waals surface area contributed by atoms with Crippen LogP contribution < -0.4 is 10.9 Å². The highest BCUT2D eigenvalue weighted by Gasteiger charge is 2.12. The molecule has 4 rings (SSSR count). The number of aromatic nitrogens is 4. The molecule has 0 atom stereocenters. The van der Waals surface area contributed by atoms with Crippen LogP contribution in [0.3, 0.4) is 0 Å². The number of nitrogens with zero attached hydrogens (tertiary/aromatic N) is 4. The number of rotatable bonds is 6. The van der Waals surface area contributed by atoms with Crippen molar-refractivity contribution in [3.8, 4) is 5.69 Å². The zero-order valence-electron chi connectivity index (χ0n) is 17.3. The summed E-state index contributed by atoms with van der Waals surface area (Å²) in [5.41, 5.74) is 3.25. The molecule has 4 aromatic rings. The maximum absolute atomic E-state index is 13.5. The molecule has 0 fully saturated rings. The van der Waals surface area contributed by atoms with E-state index >= 15 is 0 Å². The van der Waals surface area contributed by atoms with Gasteiger partial charge in [0.15, 0.2) is 0 Å². The number of hydrogen-bond acceptors (Lipinski definition) is 4. The average molecular weight is 419 g/mol. The zero-order valence-corrected chi connectivity index (χ0v) is 17.3. The van der Waals surface area contributed by atoms with E-state index in [1.54, 1.807) is 28.9 Å². The third-order valence-electron chi connectivity index (χ3n) is 5.22. The molecule has 158 valence electrons. The van der Waals surface area contributed by atoms with Crippen LogP contribution in [0.2, 0.25) is 0 Å². The lowest BCUT2D eigenvalue weighted by molar-refractivity contribution is -0.116. The van der Waals surface area contributed by atoms with Crippen LogP contribution in [0.25, 0.3) is 11.3 Å². The van der Waals surface area contributed by atoms with Crippen molar-refractivity contribution in [2.24, 2.45) is 0 Å². The summed E-state index contributed by atoms with van der Waals surface area (Å²) in [7, 11) is 0. The lowest BCUT2D eigenvalue weighted by atomic mass is 10.1. The SMILES string of the molecule is Cc1ccc(NC(=O)CCCc2nnc3c(=O)n(-c4cccc(F)c4)ccn23)cc1C. The molecule has 31 heavy (non-hydrogen) atoms. The van der Waals surface area contributed by atoms with Crippen LogP contribution in [0.4, 0.5) is 10.1 Å². The van der Waals surface area contributed by atoms with Crippen molar-refractivity contribution in [2.75, 3.05) is 5.32 Å². The largest absolute Gasteiger partial charge is 0.326 e. The van der Waals surface area contributed by atoms with E-state index in [9.17, 15) is 14.0 Å². The van der Waals surface area contributed by atoms with Gasteiger partial charge in [-0.15, -0.1) is 10.2 Å². The molecule has 2 aromatic carbocycles. The summed E-state index contributed by atoms with van der Waals surface area (Å²) >= 11 is 0. The minimum atomic E-state index is -0.425. The lowest BCUT2D eigenvalue weighted by Gasteiger charge is -2.08. The Kier molecular flexibility index (Phi) is 5.62.